The van der Waals surface area contributed by atoms with E-state index in [1.54, 1.807) is 0 Å². The van der Waals surface area contributed by atoms with Crippen LogP contribution < -0.4 is 5.32 Å². The SMILES string of the molecule is CC(C)(C)c1cn(C(C)(C)C)nc1NC1CCOCC1. The minimum absolute atomic E-state index is 0.00953. The highest BCUT2D eigenvalue weighted by molar-refractivity contribution is 5.48. The Morgan fingerprint density at radius 3 is 2.25 bits per heavy atom. The summed E-state index contributed by atoms with van der Waals surface area (Å²) in [7, 11) is 0. The van der Waals surface area contributed by atoms with Crippen molar-refractivity contribution in [3.8, 4) is 0 Å². The highest BCUT2D eigenvalue weighted by Gasteiger charge is 2.26. The quantitative estimate of drug-likeness (QED) is 0.900. The summed E-state index contributed by atoms with van der Waals surface area (Å²) in [6, 6.07) is 0.480. The van der Waals surface area contributed by atoms with E-state index in [4.69, 9.17) is 9.84 Å². The summed E-state index contributed by atoms with van der Waals surface area (Å²) in [5, 5.41) is 8.44. The summed E-state index contributed by atoms with van der Waals surface area (Å²) in [6.45, 7) is 15.0. The number of nitrogens with one attached hydrogen (secondary N) is 1. The Morgan fingerprint density at radius 1 is 1.15 bits per heavy atom. The van der Waals surface area contributed by atoms with Crippen molar-refractivity contribution in [3.63, 3.8) is 0 Å². The third-order valence-electron chi connectivity index (χ3n) is 3.77. The van der Waals surface area contributed by atoms with Gasteiger partial charge < -0.3 is 10.1 Å². The fourth-order valence-electron chi connectivity index (χ4n) is 2.41. The maximum atomic E-state index is 5.43. The van der Waals surface area contributed by atoms with Crippen LogP contribution in [0.4, 0.5) is 5.82 Å². The smallest absolute Gasteiger partial charge is 0.152 e. The van der Waals surface area contributed by atoms with Crippen molar-refractivity contribution in [2.24, 2.45) is 0 Å². The van der Waals surface area contributed by atoms with E-state index in [9.17, 15) is 0 Å². The van der Waals surface area contributed by atoms with Crippen molar-refractivity contribution < 1.29 is 4.74 Å². The second kappa shape index (κ2) is 5.40. The third-order valence-corrected chi connectivity index (χ3v) is 3.77. The first kappa shape index (κ1) is 15.4. The lowest BCUT2D eigenvalue weighted by Crippen LogP contribution is -2.29. The van der Waals surface area contributed by atoms with Crippen LogP contribution in [0.15, 0.2) is 6.20 Å². The molecule has 1 aliphatic rings. The predicted octanol–water partition coefficient (Wildman–Crippen LogP) is 3.53. The summed E-state index contributed by atoms with van der Waals surface area (Å²) in [4.78, 5) is 0. The summed E-state index contributed by atoms with van der Waals surface area (Å²) >= 11 is 0. The first-order valence-electron chi connectivity index (χ1n) is 7.63. The van der Waals surface area contributed by atoms with Gasteiger partial charge in [-0.15, -0.1) is 0 Å². The van der Waals surface area contributed by atoms with E-state index in [2.05, 4.69) is 57.7 Å². The summed E-state index contributed by atoms with van der Waals surface area (Å²) in [6.07, 6.45) is 4.32. The van der Waals surface area contributed by atoms with E-state index in [-0.39, 0.29) is 11.0 Å². The lowest BCUT2D eigenvalue weighted by molar-refractivity contribution is 0.0903. The van der Waals surface area contributed by atoms with Crippen LogP contribution in [0.1, 0.15) is 59.9 Å². The van der Waals surface area contributed by atoms with Crippen LogP contribution >= 0.6 is 0 Å². The number of nitrogens with zero attached hydrogens (tertiary/aromatic N) is 2. The molecular formula is C16H29N3O. The van der Waals surface area contributed by atoms with E-state index in [0.717, 1.165) is 31.9 Å². The lowest BCUT2D eigenvalue weighted by atomic mass is 9.88. The molecule has 2 rings (SSSR count). The van der Waals surface area contributed by atoms with E-state index in [1.807, 2.05) is 0 Å². The van der Waals surface area contributed by atoms with Crippen molar-refractivity contribution >= 4 is 5.82 Å². The third kappa shape index (κ3) is 3.54. The minimum Gasteiger partial charge on any atom is -0.381 e. The van der Waals surface area contributed by atoms with Gasteiger partial charge in [-0.3, -0.25) is 4.68 Å². The molecule has 0 radical (unpaired) electrons. The van der Waals surface area contributed by atoms with Gasteiger partial charge in [0, 0.05) is 31.0 Å². The van der Waals surface area contributed by atoms with Gasteiger partial charge >= 0.3 is 0 Å². The Hall–Kier alpha value is -1.03. The maximum Gasteiger partial charge on any atom is 0.152 e. The number of anilines is 1. The Bertz CT molecular complexity index is 445. The van der Waals surface area contributed by atoms with Gasteiger partial charge in [0.15, 0.2) is 5.82 Å². The molecule has 1 aromatic rings. The lowest BCUT2D eigenvalue weighted by Gasteiger charge is -2.25. The zero-order chi connectivity index (χ0) is 15.0. The van der Waals surface area contributed by atoms with Crippen molar-refractivity contribution in [2.75, 3.05) is 18.5 Å². The largest absolute Gasteiger partial charge is 0.381 e. The van der Waals surface area contributed by atoms with Crippen LogP contribution in [0, 0.1) is 0 Å². The molecule has 4 nitrogen and oxygen atoms in total. The standard InChI is InChI=1S/C16H29N3O/c1-15(2,3)13-11-19(16(4,5)6)18-14(13)17-12-7-9-20-10-8-12/h11-12H,7-10H2,1-6H3,(H,17,18). The summed E-state index contributed by atoms with van der Waals surface area (Å²) in [5.41, 5.74) is 1.39. The van der Waals surface area contributed by atoms with Crippen molar-refractivity contribution in [3.05, 3.63) is 11.8 Å². The molecule has 0 spiro atoms. The summed E-state index contributed by atoms with van der Waals surface area (Å²) in [5.74, 6) is 1.04. The van der Waals surface area contributed by atoms with Crippen LogP contribution in [0.25, 0.3) is 0 Å². The topological polar surface area (TPSA) is 39.1 Å². The molecule has 0 bridgehead atoms. The average molecular weight is 279 g/mol. The minimum atomic E-state index is 0.00953. The van der Waals surface area contributed by atoms with E-state index >= 15 is 0 Å². The molecule has 1 saturated heterocycles. The van der Waals surface area contributed by atoms with Gasteiger partial charge in [-0.2, -0.15) is 5.10 Å². The van der Waals surface area contributed by atoms with Gasteiger partial charge in [-0.25, -0.2) is 0 Å². The second-order valence-corrected chi connectivity index (χ2v) is 7.79. The molecule has 1 fully saturated rings. The highest BCUT2D eigenvalue weighted by Crippen LogP contribution is 2.31. The van der Waals surface area contributed by atoms with Crippen LogP contribution in [0.2, 0.25) is 0 Å². The van der Waals surface area contributed by atoms with Gasteiger partial charge in [0.2, 0.25) is 0 Å². The molecule has 0 aliphatic carbocycles. The number of hydrogen-bond donors (Lipinski definition) is 1. The highest BCUT2D eigenvalue weighted by atomic mass is 16.5. The zero-order valence-corrected chi connectivity index (χ0v) is 13.8. The summed E-state index contributed by atoms with van der Waals surface area (Å²) < 4.78 is 7.51. The van der Waals surface area contributed by atoms with Gasteiger partial charge in [-0.05, 0) is 39.0 Å². The molecule has 0 amide bonds. The number of rotatable bonds is 2. The molecule has 2 heterocycles. The first-order chi connectivity index (χ1) is 9.18. The number of hydrogen-bond acceptors (Lipinski definition) is 3. The van der Waals surface area contributed by atoms with Crippen LogP contribution in [-0.2, 0) is 15.7 Å². The Morgan fingerprint density at radius 2 is 1.75 bits per heavy atom. The van der Waals surface area contributed by atoms with Gasteiger partial charge in [0.25, 0.3) is 0 Å². The monoisotopic (exact) mass is 279 g/mol. The average Bonchev–Trinajstić information content (AvgIpc) is 2.74. The number of aromatic nitrogens is 2. The van der Waals surface area contributed by atoms with Crippen molar-refractivity contribution in [2.45, 2.75) is 71.4 Å². The van der Waals surface area contributed by atoms with Crippen LogP contribution in [-0.4, -0.2) is 29.0 Å². The molecule has 0 unspecified atom stereocenters. The predicted molar refractivity (Wildman–Crippen MR) is 83.4 cm³/mol. The van der Waals surface area contributed by atoms with Crippen molar-refractivity contribution in [1.29, 1.82) is 0 Å². The molecule has 1 aromatic heterocycles. The normalized spacial score (nSPS) is 18.3. The molecule has 4 heteroatoms. The fraction of sp³-hybridized carbons (Fsp3) is 0.812. The Labute approximate surface area is 122 Å². The Balaban J connectivity index is 2.27. The molecule has 114 valence electrons. The molecule has 0 atom stereocenters. The van der Waals surface area contributed by atoms with Gasteiger partial charge in [0.05, 0.1) is 5.54 Å². The second-order valence-electron chi connectivity index (χ2n) is 7.79. The molecule has 0 saturated carbocycles. The van der Waals surface area contributed by atoms with E-state index in [0.29, 0.717) is 6.04 Å². The molecule has 20 heavy (non-hydrogen) atoms. The molecule has 1 N–H and O–H groups in total. The maximum absolute atomic E-state index is 5.43. The van der Waals surface area contributed by atoms with Crippen LogP contribution in [0.3, 0.4) is 0 Å². The molecule has 1 aliphatic heterocycles. The fourth-order valence-corrected chi connectivity index (χ4v) is 2.41. The van der Waals surface area contributed by atoms with Crippen molar-refractivity contribution in [1.82, 2.24) is 9.78 Å². The Kier molecular flexibility index (Phi) is 4.14. The van der Waals surface area contributed by atoms with Gasteiger partial charge in [-0.1, -0.05) is 20.8 Å². The first-order valence-corrected chi connectivity index (χ1v) is 7.63. The van der Waals surface area contributed by atoms with E-state index < -0.39 is 0 Å². The van der Waals surface area contributed by atoms with Crippen LogP contribution in [0.5, 0.6) is 0 Å². The molecular weight excluding hydrogens is 250 g/mol. The number of ether oxygens (including phenoxy) is 1. The zero-order valence-electron chi connectivity index (χ0n) is 13.8. The van der Waals surface area contributed by atoms with Gasteiger partial charge in [0.1, 0.15) is 0 Å². The van der Waals surface area contributed by atoms with E-state index in [1.165, 1.54) is 5.56 Å². The molecule has 0 aromatic carbocycles.